The summed E-state index contributed by atoms with van der Waals surface area (Å²) in [5, 5.41) is 23.1. The zero-order valence-corrected chi connectivity index (χ0v) is 16.7. The molecule has 0 bridgehead atoms. The predicted octanol–water partition coefficient (Wildman–Crippen LogP) is -0.111. The lowest BCUT2D eigenvalue weighted by Crippen LogP contribution is -2.48. The van der Waals surface area contributed by atoms with Crippen LogP contribution < -0.4 is 0 Å². The van der Waals surface area contributed by atoms with Crippen LogP contribution in [0.15, 0.2) is 24.8 Å². The third-order valence-corrected chi connectivity index (χ3v) is 5.01. The summed E-state index contributed by atoms with van der Waals surface area (Å²) in [5.74, 6) is -0.603. The highest BCUT2D eigenvalue weighted by Gasteiger charge is 2.24. The molecule has 0 N–H and O–H groups in total. The summed E-state index contributed by atoms with van der Waals surface area (Å²) in [5.41, 5.74) is 2.56. The molecule has 1 saturated heterocycles. The van der Waals surface area contributed by atoms with E-state index in [4.69, 9.17) is 0 Å². The lowest BCUT2D eigenvalue weighted by Gasteiger charge is -2.34. The molecule has 0 radical (unpaired) electrons. The van der Waals surface area contributed by atoms with Crippen molar-refractivity contribution in [1.82, 2.24) is 44.1 Å². The average Bonchev–Trinajstić information content (AvgIpc) is 3.43. The molecule has 4 heterocycles. The molecule has 1 aliphatic rings. The van der Waals surface area contributed by atoms with Crippen LogP contribution in [0.25, 0.3) is 0 Å². The summed E-state index contributed by atoms with van der Waals surface area (Å²) in [6.07, 6.45) is 4.93. The van der Waals surface area contributed by atoms with Crippen LogP contribution in [0.4, 0.5) is 5.95 Å². The first kappa shape index (κ1) is 19.7. The standard InChI is InChI=1S/C17H22N10O3/c1-13-14(9-22(2)19-13)10-23-5-7-24(8-6-23)16(28)15-3-4-25(20-15)12-26-11-18-17(21-26)27(29)30/h3-4,9,11H,5-8,10,12H2,1-2H3. The van der Waals surface area contributed by atoms with Crippen LogP contribution in [-0.2, 0) is 20.3 Å². The van der Waals surface area contributed by atoms with Crippen LogP contribution in [0.5, 0.6) is 0 Å². The molecule has 1 amide bonds. The zero-order chi connectivity index (χ0) is 21.3. The molecule has 30 heavy (non-hydrogen) atoms. The molecule has 4 rings (SSSR count). The van der Waals surface area contributed by atoms with Crippen molar-refractivity contribution in [2.75, 3.05) is 26.2 Å². The van der Waals surface area contributed by atoms with E-state index in [-0.39, 0.29) is 12.6 Å². The topological polar surface area (TPSA) is 133 Å². The van der Waals surface area contributed by atoms with Gasteiger partial charge in [0.05, 0.1) is 5.69 Å². The minimum Gasteiger partial charge on any atom is -0.390 e. The van der Waals surface area contributed by atoms with Crippen LogP contribution in [0.2, 0.25) is 0 Å². The maximum atomic E-state index is 12.8. The van der Waals surface area contributed by atoms with E-state index in [9.17, 15) is 14.9 Å². The van der Waals surface area contributed by atoms with Gasteiger partial charge < -0.3 is 15.0 Å². The van der Waals surface area contributed by atoms with E-state index >= 15 is 0 Å². The Morgan fingerprint density at radius 3 is 2.57 bits per heavy atom. The van der Waals surface area contributed by atoms with Gasteiger partial charge in [-0.1, -0.05) is 4.98 Å². The largest absolute Gasteiger partial charge is 0.491 e. The van der Waals surface area contributed by atoms with Crippen molar-refractivity contribution in [2.24, 2.45) is 7.05 Å². The first-order chi connectivity index (χ1) is 14.4. The van der Waals surface area contributed by atoms with Crippen LogP contribution in [0, 0.1) is 17.0 Å². The summed E-state index contributed by atoms with van der Waals surface area (Å²) in [6.45, 7) is 5.77. The second-order valence-electron chi connectivity index (χ2n) is 7.20. The van der Waals surface area contributed by atoms with Crippen LogP contribution in [-0.4, -0.2) is 81.1 Å². The molecule has 3 aromatic rings. The van der Waals surface area contributed by atoms with Gasteiger partial charge in [0.25, 0.3) is 5.91 Å². The van der Waals surface area contributed by atoms with Crippen LogP contribution in [0.1, 0.15) is 21.7 Å². The zero-order valence-electron chi connectivity index (χ0n) is 16.7. The molecule has 13 heteroatoms. The van der Waals surface area contributed by atoms with Gasteiger partial charge in [0, 0.05) is 62.8 Å². The maximum Gasteiger partial charge on any atom is 0.491 e. The van der Waals surface area contributed by atoms with Crippen molar-refractivity contribution in [3.63, 3.8) is 0 Å². The third kappa shape index (κ3) is 4.20. The van der Waals surface area contributed by atoms with E-state index in [0.717, 1.165) is 25.3 Å². The Bertz CT molecular complexity index is 1060. The highest BCUT2D eigenvalue weighted by atomic mass is 16.6. The van der Waals surface area contributed by atoms with Gasteiger partial charge in [-0.3, -0.25) is 14.4 Å². The number of amides is 1. The Morgan fingerprint density at radius 2 is 1.93 bits per heavy atom. The van der Waals surface area contributed by atoms with Crippen molar-refractivity contribution in [3.05, 3.63) is 51.9 Å². The van der Waals surface area contributed by atoms with Gasteiger partial charge in [-0.05, 0) is 17.9 Å². The Balaban J connectivity index is 1.32. The first-order valence-corrected chi connectivity index (χ1v) is 9.47. The highest BCUT2D eigenvalue weighted by Crippen LogP contribution is 2.13. The van der Waals surface area contributed by atoms with Gasteiger partial charge in [-0.2, -0.15) is 14.9 Å². The van der Waals surface area contributed by atoms with E-state index in [1.54, 1.807) is 17.2 Å². The van der Waals surface area contributed by atoms with E-state index in [1.807, 2.05) is 24.9 Å². The summed E-state index contributed by atoms with van der Waals surface area (Å²) in [7, 11) is 1.91. The van der Waals surface area contributed by atoms with Crippen molar-refractivity contribution >= 4 is 11.9 Å². The Morgan fingerprint density at radius 1 is 1.17 bits per heavy atom. The molecule has 0 aromatic carbocycles. The van der Waals surface area contributed by atoms with E-state index in [2.05, 4.69) is 25.2 Å². The minimum absolute atomic E-state index is 0.129. The fourth-order valence-electron chi connectivity index (χ4n) is 3.46. The molecule has 13 nitrogen and oxygen atoms in total. The van der Waals surface area contributed by atoms with Crippen molar-refractivity contribution in [1.29, 1.82) is 0 Å². The third-order valence-electron chi connectivity index (χ3n) is 5.01. The fraction of sp³-hybridized carbons (Fsp3) is 0.471. The monoisotopic (exact) mass is 414 g/mol. The lowest BCUT2D eigenvalue weighted by atomic mass is 10.2. The number of nitro groups is 1. The van der Waals surface area contributed by atoms with E-state index < -0.39 is 10.9 Å². The van der Waals surface area contributed by atoms with Gasteiger partial charge in [-0.25, -0.2) is 4.68 Å². The second kappa shape index (κ2) is 8.02. The van der Waals surface area contributed by atoms with Gasteiger partial charge in [0.15, 0.2) is 6.67 Å². The normalized spacial score (nSPS) is 14.9. The van der Waals surface area contributed by atoms with Crippen molar-refractivity contribution in [2.45, 2.75) is 20.1 Å². The van der Waals surface area contributed by atoms with Crippen molar-refractivity contribution < 1.29 is 9.72 Å². The van der Waals surface area contributed by atoms with Crippen LogP contribution in [0.3, 0.4) is 0 Å². The summed E-state index contributed by atoms with van der Waals surface area (Å²) in [4.78, 5) is 30.5. The number of hydrogen-bond donors (Lipinski definition) is 0. The first-order valence-electron chi connectivity index (χ1n) is 9.47. The van der Waals surface area contributed by atoms with Gasteiger partial charge in [0.2, 0.25) is 6.33 Å². The molecule has 0 spiro atoms. The molecule has 158 valence electrons. The van der Waals surface area contributed by atoms with Crippen molar-refractivity contribution in [3.8, 4) is 0 Å². The molecule has 0 aliphatic carbocycles. The molecule has 0 saturated carbocycles. The number of aryl methyl sites for hydroxylation is 2. The quantitative estimate of drug-likeness (QED) is 0.403. The number of piperazine rings is 1. The van der Waals surface area contributed by atoms with E-state index in [0.29, 0.717) is 18.8 Å². The number of hydrogen-bond acceptors (Lipinski definition) is 8. The summed E-state index contributed by atoms with van der Waals surface area (Å²) < 4.78 is 4.60. The number of carbonyl (C=O) groups is 1. The van der Waals surface area contributed by atoms with Gasteiger partial charge >= 0.3 is 5.95 Å². The highest BCUT2D eigenvalue weighted by molar-refractivity contribution is 5.92. The number of aromatic nitrogens is 7. The van der Waals surface area contributed by atoms with E-state index in [1.165, 1.54) is 21.3 Å². The number of nitrogens with zero attached hydrogens (tertiary/aromatic N) is 10. The summed E-state index contributed by atoms with van der Waals surface area (Å²) >= 11 is 0. The predicted molar refractivity (Wildman–Crippen MR) is 103 cm³/mol. The van der Waals surface area contributed by atoms with Gasteiger partial charge in [0.1, 0.15) is 5.69 Å². The van der Waals surface area contributed by atoms with Crippen LogP contribution >= 0.6 is 0 Å². The molecule has 0 unspecified atom stereocenters. The average molecular weight is 414 g/mol. The smallest absolute Gasteiger partial charge is 0.390 e. The minimum atomic E-state index is -0.663. The number of carbonyl (C=O) groups excluding carboxylic acids is 1. The molecule has 3 aromatic heterocycles. The molecule has 1 aliphatic heterocycles. The summed E-state index contributed by atoms with van der Waals surface area (Å²) in [6, 6.07) is 1.64. The Kier molecular flexibility index (Phi) is 5.27. The number of rotatable bonds is 6. The molecular formula is C17H22N10O3. The fourth-order valence-corrected chi connectivity index (χ4v) is 3.46. The second-order valence-corrected chi connectivity index (χ2v) is 7.20. The Labute approximate surface area is 171 Å². The maximum absolute atomic E-state index is 12.8. The molecule has 0 atom stereocenters. The van der Waals surface area contributed by atoms with Gasteiger partial charge in [-0.15, -0.1) is 0 Å². The Hall–Kier alpha value is -3.61. The molecular weight excluding hydrogens is 392 g/mol. The molecule has 1 fully saturated rings. The SMILES string of the molecule is Cc1nn(C)cc1CN1CCN(C(=O)c2ccn(Cn3cnc([N+](=O)[O-])n3)n2)CC1. The lowest BCUT2D eigenvalue weighted by molar-refractivity contribution is -0.394.